The summed E-state index contributed by atoms with van der Waals surface area (Å²) in [6.45, 7) is 2.62. The molecule has 1 aromatic heterocycles. The van der Waals surface area contributed by atoms with Gasteiger partial charge in [0.15, 0.2) is 0 Å². The number of carboxylic acid groups (broad SMARTS) is 1. The first-order valence-corrected chi connectivity index (χ1v) is 6.53. The van der Waals surface area contributed by atoms with Crippen molar-refractivity contribution in [2.24, 2.45) is 0 Å². The predicted molar refractivity (Wildman–Crippen MR) is 77.4 cm³/mol. The van der Waals surface area contributed by atoms with Crippen molar-refractivity contribution < 1.29 is 9.90 Å². The van der Waals surface area contributed by atoms with Gasteiger partial charge < -0.3 is 10.4 Å². The van der Waals surface area contributed by atoms with Crippen LogP contribution in [0.3, 0.4) is 0 Å². The van der Waals surface area contributed by atoms with E-state index in [2.05, 4.69) is 26.2 Å². The number of aromatic carboxylic acids is 1. The maximum absolute atomic E-state index is 11.0. The molecule has 0 amide bonds. The first-order chi connectivity index (χ1) is 9.06. The van der Waals surface area contributed by atoms with Crippen LogP contribution in [0.1, 0.15) is 21.5 Å². The van der Waals surface area contributed by atoms with Gasteiger partial charge in [-0.2, -0.15) is 0 Å². The standard InChI is InChI=1S/C14H13BrN2O2/c1-9-7-16-3-2-10(9)8-17-13-5-11(14(18)19)4-12(15)6-13/h2-7,17H,8H2,1H3,(H,18,19). The summed E-state index contributed by atoms with van der Waals surface area (Å²) < 4.78 is 0.737. The van der Waals surface area contributed by atoms with Gasteiger partial charge >= 0.3 is 5.97 Å². The molecule has 0 fully saturated rings. The van der Waals surface area contributed by atoms with Gasteiger partial charge in [-0.3, -0.25) is 4.98 Å². The van der Waals surface area contributed by atoms with Crippen molar-refractivity contribution in [3.8, 4) is 0 Å². The number of halogens is 1. The van der Waals surface area contributed by atoms with Crippen molar-refractivity contribution in [2.45, 2.75) is 13.5 Å². The number of hydrogen-bond acceptors (Lipinski definition) is 3. The molecule has 0 bridgehead atoms. The van der Waals surface area contributed by atoms with E-state index < -0.39 is 5.97 Å². The number of pyridine rings is 1. The van der Waals surface area contributed by atoms with Gasteiger partial charge in [-0.15, -0.1) is 0 Å². The molecule has 5 heteroatoms. The average molecular weight is 321 g/mol. The summed E-state index contributed by atoms with van der Waals surface area (Å²) in [4.78, 5) is 15.0. The molecule has 0 unspecified atom stereocenters. The minimum absolute atomic E-state index is 0.253. The van der Waals surface area contributed by atoms with Gasteiger partial charge in [-0.1, -0.05) is 15.9 Å². The first-order valence-electron chi connectivity index (χ1n) is 5.73. The Morgan fingerprint density at radius 1 is 1.42 bits per heavy atom. The lowest BCUT2D eigenvalue weighted by atomic mass is 10.1. The van der Waals surface area contributed by atoms with Crippen LogP contribution in [0.4, 0.5) is 5.69 Å². The van der Waals surface area contributed by atoms with Crippen LogP contribution in [0.15, 0.2) is 41.1 Å². The average Bonchev–Trinajstić information content (AvgIpc) is 2.37. The summed E-state index contributed by atoms with van der Waals surface area (Å²) in [5, 5.41) is 12.2. The highest BCUT2D eigenvalue weighted by atomic mass is 79.9. The van der Waals surface area contributed by atoms with E-state index in [0.717, 1.165) is 21.3 Å². The maximum atomic E-state index is 11.0. The molecule has 0 aliphatic rings. The molecule has 0 radical (unpaired) electrons. The predicted octanol–water partition coefficient (Wildman–Crippen LogP) is 3.46. The molecule has 4 nitrogen and oxygen atoms in total. The third kappa shape index (κ3) is 3.54. The monoisotopic (exact) mass is 320 g/mol. The molecule has 98 valence electrons. The van der Waals surface area contributed by atoms with Crippen LogP contribution in [0.5, 0.6) is 0 Å². The van der Waals surface area contributed by atoms with Crippen molar-refractivity contribution >= 4 is 27.6 Å². The van der Waals surface area contributed by atoms with Gasteiger partial charge in [0.1, 0.15) is 0 Å². The fourth-order valence-electron chi connectivity index (χ4n) is 1.71. The molecule has 0 atom stereocenters. The van der Waals surface area contributed by atoms with E-state index in [9.17, 15) is 4.79 Å². The zero-order chi connectivity index (χ0) is 13.8. The first kappa shape index (κ1) is 13.5. The Morgan fingerprint density at radius 3 is 2.89 bits per heavy atom. The van der Waals surface area contributed by atoms with E-state index in [0.29, 0.717) is 6.54 Å². The number of carboxylic acids is 1. The summed E-state index contributed by atoms with van der Waals surface area (Å²) in [5.41, 5.74) is 3.25. The van der Waals surface area contributed by atoms with Crippen LogP contribution in [-0.2, 0) is 6.54 Å². The minimum Gasteiger partial charge on any atom is -0.478 e. The zero-order valence-electron chi connectivity index (χ0n) is 10.4. The lowest BCUT2D eigenvalue weighted by Crippen LogP contribution is -2.03. The lowest BCUT2D eigenvalue weighted by Gasteiger charge is -2.10. The number of aromatic nitrogens is 1. The molecule has 0 saturated carbocycles. The van der Waals surface area contributed by atoms with Crippen molar-refractivity contribution in [1.82, 2.24) is 4.98 Å². The second-order valence-corrected chi connectivity index (χ2v) is 5.11. The van der Waals surface area contributed by atoms with Crippen molar-refractivity contribution in [3.63, 3.8) is 0 Å². The zero-order valence-corrected chi connectivity index (χ0v) is 11.9. The Bertz CT molecular complexity index is 614. The van der Waals surface area contributed by atoms with Crippen LogP contribution in [-0.4, -0.2) is 16.1 Å². The van der Waals surface area contributed by atoms with Gasteiger partial charge in [0.05, 0.1) is 5.56 Å². The Kier molecular flexibility index (Phi) is 4.16. The highest BCUT2D eigenvalue weighted by molar-refractivity contribution is 9.10. The molecular formula is C14H13BrN2O2. The molecule has 1 heterocycles. The van der Waals surface area contributed by atoms with Crippen LogP contribution < -0.4 is 5.32 Å². The number of aryl methyl sites for hydroxylation is 1. The number of nitrogens with one attached hydrogen (secondary N) is 1. The van der Waals surface area contributed by atoms with E-state index in [1.165, 1.54) is 0 Å². The fourth-order valence-corrected chi connectivity index (χ4v) is 2.21. The number of anilines is 1. The number of carbonyl (C=O) groups is 1. The van der Waals surface area contributed by atoms with E-state index in [1.807, 2.05) is 19.1 Å². The summed E-state index contributed by atoms with van der Waals surface area (Å²) in [5.74, 6) is -0.940. The van der Waals surface area contributed by atoms with Crippen LogP contribution >= 0.6 is 15.9 Å². The molecule has 0 aliphatic heterocycles. The van der Waals surface area contributed by atoms with Crippen molar-refractivity contribution in [1.29, 1.82) is 0 Å². The van der Waals surface area contributed by atoms with Gasteiger partial charge in [0.25, 0.3) is 0 Å². The molecule has 2 rings (SSSR count). The Hall–Kier alpha value is -1.88. The van der Waals surface area contributed by atoms with E-state index in [-0.39, 0.29) is 5.56 Å². The second-order valence-electron chi connectivity index (χ2n) is 4.19. The smallest absolute Gasteiger partial charge is 0.335 e. The summed E-state index contributed by atoms with van der Waals surface area (Å²) >= 11 is 3.31. The maximum Gasteiger partial charge on any atom is 0.335 e. The normalized spacial score (nSPS) is 10.2. The largest absolute Gasteiger partial charge is 0.478 e. The summed E-state index contributed by atoms with van der Waals surface area (Å²) in [6.07, 6.45) is 3.55. The molecule has 2 N–H and O–H groups in total. The topological polar surface area (TPSA) is 62.2 Å². The van der Waals surface area contributed by atoms with E-state index in [1.54, 1.807) is 24.5 Å². The Labute approximate surface area is 119 Å². The minimum atomic E-state index is -0.940. The molecular weight excluding hydrogens is 308 g/mol. The molecule has 19 heavy (non-hydrogen) atoms. The van der Waals surface area contributed by atoms with E-state index >= 15 is 0 Å². The quantitative estimate of drug-likeness (QED) is 0.905. The molecule has 0 spiro atoms. The van der Waals surface area contributed by atoms with Crippen LogP contribution in [0.2, 0.25) is 0 Å². The lowest BCUT2D eigenvalue weighted by molar-refractivity contribution is 0.0697. The number of rotatable bonds is 4. The van der Waals surface area contributed by atoms with Crippen LogP contribution in [0, 0.1) is 6.92 Å². The Balaban J connectivity index is 2.16. The van der Waals surface area contributed by atoms with Gasteiger partial charge in [-0.05, 0) is 42.3 Å². The van der Waals surface area contributed by atoms with Crippen molar-refractivity contribution in [3.05, 3.63) is 57.8 Å². The molecule has 0 aliphatic carbocycles. The number of hydrogen-bond donors (Lipinski definition) is 2. The van der Waals surface area contributed by atoms with Gasteiger partial charge in [0, 0.05) is 29.1 Å². The second kappa shape index (κ2) is 5.84. The highest BCUT2D eigenvalue weighted by Crippen LogP contribution is 2.20. The van der Waals surface area contributed by atoms with Crippen LogP contribution in [0.25, 0.3) is 0 Å². The highest BCUT2D eigenvalue weighted by Gasteiger charge is 2.06. The number of nitrogens with zero attached hydrogens (tertiary/aromatic N) is 1. The number of benzene rings is 1. The van der Waals surface area contributed by atoms with Gasteiger partial charge in [0.2, 0.25) is 0 Å². The molecule has 2 aromatic rings. The molecule has 1 aromatic carbocycles. The SMILES string of the molecule is Cc1cnccc1CNc1cc(Br)cc(C(=O)O)c1. The van der Waals surface area contributed by atoms with Crippen molar-refractivity contribution in [2.75, 3.05) is 5.32 Å². The molecule has 0 saturated heterocycles. The fraction of sp³-hybridized carbons (Fsp3) is 0.143. The third-order valence-electron chi connectivity index (χ3n) is 2.76. The van der Waals surface area contributed by atoms with E-state index in [4.69, 9.17) is 5.11 Å². The summed E-state index contributed by atoms with van der Waals surface area (Å²) in [7, 11) is 0. The third-order valence-corrected chi connectivity index (χ3v) is 3.22. The Morgan fingerprint density at radius 2 is 2.21 bits per heavy atom. The van der Waals surface area contributed by atoms with Gasteiger partial charge in [-0.25, -0.2) is 4.79 Å². The summed E-state index contributed by atoms with van der Waals surface area (Å²) in [6, 6.07) is 6.98.